The van der Waals surface area contributed by atoms with Gasteiger partial charge in [-0.1, -0.05) is 72.8 Å². The predicted octanol–water partition coefficient (Wildman–Crippen LogP) is 5.44. The van der Waals surface area contributed by atoms with E-state index < -0.39 is 0 Å². The summed E-state index contributed by atoms with van der Waals surface area (Å²) in [6, 6.07) is 26.1. The van der Waals surface area contributed by atoms with Gasteiger partial charge in [0, 0.05) is 18.0 Å². The molecule has 3 N–H and O–H groups in total. The quantitative estimate of drug-likeness (QED) is 0.224. The molecule has 4 rings (SSSR count). The number of hydrogen-bond acceptors (Lipinski definition) is 3. The van der Waals surface area contributed by atoms with Crippen LogP contribution in [0.2, 0.25) is 0 Å². The number of carbonyl (C=O) groups is 1. The number of hydrogen-bond donors (Lipinski definition) is 2. The average Bonchev–Trinajstić information content (AvgIpc) is 3.18. The van der Waals surface area contributed by atoms with Crippen LogP contribution >= 0.6 is 0 Å². The molecule has 0 aromatic heterocycles. The highest BCUT2D eigenvalue weighted by Gasteiger charge is 2.38. The Hall–Kier alpha value is -3.86. The summed E-state index contributed by atoms with van der Waals surface area (Å²) in [5.41, 5.74) is 9.67. The lowest BCUT2D eigenvalue weighted by Gasteiger charge is -2.25. The topological polar surface area (TPSA) is 79.4 Å². The second kappa shape index (κ2) is 11.5. The second-order valence-electron chi connectivity index (χ2n) is 9.06. The van der Waals surface area contributed by atoms with Crippen molar-refractivity contribution in [3.05, 3.63) is 103 Å². The molecule has 1 fully saturated rings. The van der Waals surface area contributed by atoms with E-state index in [-0.39, 0.29) is 23.7 Å². The first-order chi connectivity index (χ1) is 17.0. The highest BCUT2D eigenvalue weighted by Crippen LogP contribution is 2.29. The fraction of sp³-hybridized carbons (Fsp3) is 0.267. The van der Waals surface area contributed by atoms with Crippen LogP contribution in [0.4, 0.5) is 0 Å². The van der Waals surface area contributed by atoms with E-state index in [1.807, 2.05) is 65.6 Å². The first kappa shape index (κ1) is 24.3. The molecule has 1 saturated heterocycles. The molecular weight excluding hydrogens is 434 g/mol. The van der Waals surface area contributed by atoms with E-state index >= 15 is 0 Å². The Labute approximate surface area is 207 Å². The summed E-state index contributed by atoms with van der Waals surface area (Å²) in [6.07, 6.45) is 5.25. The fourth-order valence-electron chi connectivity index (χ4n) is 4.70. The van der Waals surface area contributed by atoms with Gasteiger partial charge < -0.3 is 15.4 Å². The molecule has 35 heavy (non-hydrogen) atoms. The van der Waals surface area contributed by atoms with Gasteiger partial charge in [-0.25, -0.2) is 0 Å². The summed E-state index contributed by atoms with van der Waals surface area (Å²) in [7, 11) is 0. The Balaban J connectivity index is 1.36. The van der Waals surface area contributed by atoms with E-state index in [2.05, 4.69) is 30.8 Å². The van der Waals surface area contributed by atoms with Crippen molar-refractivity contribution < 1.29 is 9.53 Å². The molecular formula is C30H33N3O2. The number of rotatable bonds is 11. The molecule has 2 atom stereocenters. The van der Waals surface area contributed by atoms with E-state index in [0.717, 1.165) is 42.7 Å². The van der Waals surface area contributed by atoms with Crippen molar-refractivity contribution >= 4 is 11.7 Å². The van der Waals surface area contributed by atoms with Crippen LogP contribution in [0, 0.1) is 11.3 Å². The van der Waals surface area contributed by atoms with Crippen molar-refractivity contribution in [2.75, 3.05) is 13.2 Å². The molecule has 5 nitrogen and oxygen atoms in total. The van der Waals surface area contributed by atoms with Gasteiger partial charge in [-0.15, -0.1) is 6.58 Å². The van der Waals surface area contributed by atoms with E-state index in [9.17, 15) is 4.79 Å². The molecule has 0 aliphatic carbocycles. The highest BCUT2D eigenvalue weighted by atomic mass is 16.5. The Morgan fingerprint density at radius 2 is 1.69 bits per heavy atom. The molecule has 180 valence electrons. The lowest BCUT2D eigenvalue weighted by molar-refractivity contribution is -0.132. The van der Waals surface area contributed by atoms with Gasteiger partial charge in [0.25, 0.3) is 0 Å². The Kier molecular flexibility index (Phi) is 7.99. The Bertz CT molecular complexity index is 1140. The van der Waals surface area contributed by atoms with Crippen molar-refractivity contribution in [1.29, 1.82) is 5.41 Å². The second-order valence-corrected chi connectivity index (χ2v) is 9.06. The zero-order valence-corrected chi connectivity index (χ0v) is 20.0. The number of ether oxygens (including phenoxy) is 1. The van der Waals surface area contributed by atoms with Gasteiger partial charge in [0.2, 0.25) is 5.91 Å². The third-order valence-corrected chi connectivity index (χ3v) is 6.61. The first-order valence-electron chi connectivity index (χ1n) is 12.2. The third-order valence-electron chi connectivity index (χ3n) is 6.61. The number of allylic oxidation sites excluding steroid dienone is 1. The normalized spacial score (nSPS) is 17.4. The van der Waals surface area contributed by atoms with Crippen molar-refractivity contribution in [3.63, 3.8) is 0 Å². The van der Waals surface area contributed by atoms with Gasteiger partial charge >= 0.3 is 0 Å². The SMILES string of the molecule is C=CC[C@@H]1C[C@@H](COc2ccc(-c3ccc(C(=N)N)cc3)cc2)N(CCCc2ccccc2)C1=O. The van der Waals surface area contributed by atoms with Crippen LogP contribution in [0.1, 0.15) is 30.4 Å². The molecule has 0 unspecified atom stereocenters. The monoisotopic (exact) mass is 467 g/mol. The maximum Gasteiger partial charge on any atom is 0.226 e. The highest BCUT2D eigenvalue weighted by molar-refractivity contribution is 5.95. The minimum atomic E-state index is -0.00169. The van der Waals surface area contributed by atoms with Crippen molar-refractivity contribution in [2.45, 2.75) is 31.7 Å². The van der Waals surface area contributed by atoms with Crippen molar-refractivity contribution in [1.82, 2.24) is 4.90 Å². The van der Waals surface area contributed by atoms with Crippen molar-refractivity contribution in [2.24, 2.45) is 11.7 Å². The molecule has 5 heteroatoms. The standard InChI is InChI=1S/C30H33N3O2/c1-2-7-26-20-27(33(30(26)34)19-6-10-22-8-4-3-5-9-22)21-35-28-17-15-24(16-18-28)23-11-13-25(14-12-23)29(31)32/h2-5,8-9,11-18,26-27H,1,6-7,10,19-21H2,(H3,31,32)/t26-,27+/m1/s1. The molecule has 1 amide bonds. The average molecular weight is 468 g/mol. The van der Waals surface area contributed by atoms with Crippen LogP contribution in [-0.4, -0.2) is 35.8 Å². The molecule has 1 aliphatic heterocycles. The van der Waals surface area contributed by atoms with Crippen LogP contribution in [-0.2, 0) is 11.2 Å². The number of nitrogens with two attached hydrogens (primary N) is 1. The van der Waals surface area contributed by atoms with Gasteiger partial charge in [-0.3, -0.25) is 10.2 Å². The van der Waals surface area contributed by atoms with Gasteiger partial charge in [0.15, 0.2) is 0 Å². The van der Waals surface area contributed by atoms with Gasteiger partial charge in [-0.2, -0.15) is 0 Å². The van der Waals surface area contributed by atoms with Crippen LogP contribution in [0.5, 0.6) is 5.75 Å². The molecule has 3 aromatic rings. The first-order valence-corrected chi connectivity index (χ1v) is 12.2. The van der Waals surface area contributed by atoms with Gasteiger partial charge in [-0.05, 0) is 54.5 Å². The smallest absolute Gasteiger partial charge is 0.226 e. The third kappa shape index (κ3) is 6.18. The van der Waals surface area contributed by atoms with E-state index in [1.54, 1.807) is 0 Å². The Morgan fingerprint density at radius 3 is 2.31 bits per heavy atom. The fourth-order valence-corrected chi connectivity index (χ4v) is 4.70. The number of carbonyl (C=O) groups excluding carboxylic acids is 1. The Morgan fingerprint density at radius 1 is 1.03 bits per heavy atom. The molecule has 0 spiro atoms. The number of nitrogen functional groups attached to an aromatic ring is 1. The molecule has 0 radical (unpaired) electrons. The lowest BCUT2D eigenvalue weighted by atomic mass is 10.0. The minimum absolute atomic E-state index is 0.00169. The van der Waals surface area contributed by atoms with Crippen LogP contribution < -0.4 is 10.5 Å². The van der Waals surface area contributed by atoms with E-state index in [0.29, 0.717) is 18.6 Å². The summed E-state index contributed by atoms with van der Waals surface area (Å²) in [4.78, 5) is 15.0. The van der Waals surface area contributed by atoms with E-state index in [4.69, 9.17) is 15.9 Å². The number of likely N-dealkylation sites (tertiary alicyclic amines) is 1. The summed E-state index contributed by atoms with van der Waals surface area (Å²) >= 11 is 0. The van der Waals surface area contributed by atoms with Crippen LogP contribution in [0.15, 0.2) is 91.5 Å². The molecule has 1 aliphatic rings. The largest absolute Gasteiger partial charge is 0.491 e. The molecule has 3 aromatic carbocycles. The van der Waals surface area contributed by atoms with Gasteiger partial charge in [0.1, 0.15) is 18.2 Å². The lowest BCUT2D eigenvalue weighted by Crippen LogP contribution is -2.38. The number of benzene rings is 3. The molecule has 0 bridgehead atoms. The summed E-state index contributed by atoms with van der Waals surface area (Å²) in [5.74, 6) is 1.07. The summed E-state index contributed by atoms with van der Waals surface area (Å²) in [5, 5.41) is 7.53. The van der Waals surface area contributed by atoms with Crippen molar-refractivity contribution in [3.8, 4) is 16.9 Å². The summed E-state index contributed by atoms with van der Waals surface area (Å²) in [6.45, 7) is 5.06. The number of aryl methyl sites for hydroxylation is 1. The van der Waals surface area contributed by atoms with E-state index in [1.165, 1.54) is 5.56 Å². The number of nitrogens with one attached hydrogen (secondary N) is 1. The van der Waals surface area contributed by atoms with Crippen LogP contribution in [0.3, 0.4) is 0 Å². The minimum Gasteiger partial charge on any atom is -0.491 e. The summed E-state index contributed by atoms with van der Waals surface area (Å²) < 4.78 is 6.14. The number of amidine groups is 1. The predicted molar refractivity (Wildman–Crippen MR) is 142 cm³/mol. The van der Waals surface area contributed by atoms with Crippen LogP contribution in [0.25, 0.3) is 11.1 Å². The maximum absolute atomic E-state index is 13.0. The maximum atomic E-state index is 13.0. The number of amides is 1. The zero-order chi connectivity index (χ0) is 24.6. The zero-order valence-electron chi connectivity index (χ0n) is 20.0. The van der Waals surface area contributed by atoms with Gasteiger partial charge in [0.05, 0.1) is 6.04 Å². The number of nitrogens with zero attached hydrogens (tertiary/aromatic N) is 1. The molecule has 1 heterocycles. The molecule has 0 saturated carbocycles.